The van der Waals surface area contributed by atoms with Gasteiger partial charge in [0, 0.05) is 7.05 Å². The number of nitrogens with one attached hydrogen (secondary N) is 1. The van der Waals surface area contributed by atoms with E-state index in [-0.39, 0.29) is 0 Å². The van der Waals surface area contributed by atoms with Crippen molar-refractivity contribution in [2.75, 3.05) is 7.05 Å². The number of aryl methyl sites for hydroxylation is 2. The van der Waals surface area contributed by atoms with Gasteiger partial charge in [0.2, 0.25) is 0 Å². The van der Waals surface area contributed by atoms with Gasteiger partial charge in [0.15, 0.2) is 0 Å². The van der Waals surface area contributed by atoms with Gasteiger partial charge in [-0.25, -0.2) is 0 Å². The summed E-state index contributed by atoms with van der Waals surface area (Å²) in [4.78, 5) is 0. The predicted octanol–water partition coefficient (Wildman–Crippen LogP) is 2.43. The molecule has 1 aromatic heterocycles. The summed E-state index contributed by atoms with van der Waals surface area (Å²) in [5.74, 6) is 0.796. The molecule has 16 heavy (non-hydrogen) atoms. The molecule has 1 aliphatic rings. The summed E-state index contributed by atoms with van der Waals surface area (Å²) >= 11 is 0. The fraction of sp³-hybridized carbons (Fsp3) is 0.769. The Morgan fingerprint density at radius 3 is 2.69 bits per heavy atom. The van der Waals surface area contributed by atoms with Gasteiger partial charge in [-0.2, -0.15) is 5.10 Å². The fourth-order valence-electron chi connectivity index (χ4n) is 2.92. The molecule has 1 saturated carbocycles. The Hall–Kier alpha value is -0.830. The molecule has 0 saturated heterocycles. The molecule has 0 spiro atoms. The minimum atomic E-state index is 0.486. The SMILES string of the molecule is CCc1cc(C(NC)C2CCCC2)n(C)n1. The Bertz CT molecular complexity index is 337. The van der Waals surface area contributed by atoms with Crippen molar-refractivity contribution in [2.24, 2.45) is 13.0 Å². The van der Waals surface area contributed by atoms with E-state index >= 15 is 0 Å². The molecule has 1 aromatic rings. The van der Waals surface area contributed by atoms with Crippen LogP contribution in [0, 0.1) is 5.92 Å². The average Bonchev–Trinajstić information content (AvgIpc) is 2.91. The molecule has 0 aliphatic heterocycles. The molecule has 3 heteroatoms. The zero-order valence-corrected chi connectivity index (χ0v) is 10.7. The molecule has 0 amide bonds. The predicted molar refractivity (Wildman–Crippen MR) is 66.3 cm³/mol. The van der Waals surface area contributed by atoms with Crippen molar-refractivity contribution in [3.8, 4) is 0 Å². The van der Waals surface area contributed by atoms with Gasteiger partial charge in [-0.3, -0.25) is 4.68 Å². The van der Waals surface area contributed by atoms with E-state index in [4.69, 9.17) is 0 Å². The van der Waals surface area contributed by atoms with Crippen LogP contribution in [-0.4, -0.2) is 16.8 Å². The van der Waals surface area contributed by atoms with Crippen molar-refractivity contribution < 1.29 is 0 Å². The van der Waals surface area contributed by atoms with Crippen LogP contribution in [0.2, 0.25) is 0 Å². The van der Waals surface area contributed by atoms with Gasteiger partial charge in [-0.15, -0.1) is 0 Å². The number of aromatic nitrogens is 2. The monoisotopic (exact) mass is 221 g/mol. The van der Waals surface area contributed by atoms with Gasteiger partial charge < -0.3 is 5.32 Å². The van der Waals surface area contributed by atoms with E-state index in [0.717, 1.165) is 12.3 Å². The standard InChI is InChI=1S/C13H23N3/c1-4-11-9-12(16(3)15-11)13(14-2)10-7-5-6-8-10/h9-10,13-14H,4-8H2,1-3H3. The van der Waals surface area contributed by atoms with Crippen LogP contribution in [0.1, 0.15) is 50.0 Å². The Morgan fingerprint density at radius 2 is 2.19 bits per heavy atom. The van der Waals surface area contributed by atoms with Crippen molar-refractivity contribution in [3.63, 3.8) is 0 Å². The highest BCUT2D eigenvalue weighted by Gasteiger charge is 2.27. The Kier molecular flexibility index (Phi) is 3.64. The second kappa shape index (κ2) is 5.00. The van der Waals surface area contributed by atoms with E-state index in [9.17, 15) is 0 Å². The van der Waals surface area contributed by atoms with E-state index < -0.39 is 0 Å². The van der Waals surface area contributed by atoms with Crippen LogP contribution in [0.5, 0.6) is 0 Å². The van der Waals surface area contributed by atoms with Crippen molar-refractivity contribution in [3.05, 3.63) is 17.5 Å². The Morgan fingerprint density at radius 1 is 1.50 bits per heavy atom. The summed E-state index contributed by atoms with van der Waals surface area (Å²) in [6.45, 7) is 2.16. The number of rotatable bonds is 4. The second-order valence-electron chi connectivity index (χ2n) is 4.85. The molecule has 3 nitrogen and oxygen atoms in total. The third kappa shape index (κ3) is 2.14. The molecule has 0 radical (unpaired) electrons. The number of hydrogen-bond acceptors (Lipinski definition) is 2. The van der Waals surface area contributed by atoms with Crippen molar-refractivity contribution >= 4 is 0 Å². The van der Waals surface area contributed by atoms with Crippen LogP contribution in [0.3, 0.4) is 0 Å². The summed E-state index contributed by atoms with van der Waals surface area (Å²) in [7, 11) is 4.13. The zero-order valence-electron chi connectivity index (χ0n) is 10.7. The van der Waals surface area contributed by atoms with Crippen molar-refractivity contribution in [1.29, 1.82) is 0 Å². The van der Waals surface area contributed by atoms with Crippen LogP contribution in [0.15, 0.2) is 6.07 Å². The fourth-order valence-corrected chi connectivity index (χ4v) is 2.92. The largest absolute Gasteiger partial charge is 0.311 e. The van der Waals surface area contributed by atoms with E-state index in [1.165, 1.54) is 37.1 Å². The van der Waals surface area contributed by atoms with Crippen LogP contribution in [-0.2, 0) is 13.5 Å². The van der Waals surface area contributed by atoms with E-state index in [2.05, 4.69) is 42.2 Å². The summed E-state index contributed by atoms with van der Waals surface area (Å²) in [6.07, 6.45) is 6.52. The highest BCUT2D eigenvalue weighted by atomic mass is 15.3. The third-order valence-electron chi connectivity index (χ3n) is 3.83. The first kappa shape index (κ1) is 11.6. The maximum Gasteiger partial charge on any atom is 0.0625 e. The van der Waals surface area contributed by atoms with Gasteiger partial charge in [0.1, 0.15) is 0 Å². The van der Waals surface area contributed by atoms with Gasteiger partial charge in [0.25, 0.3) is 0 Å². The van der Waals surface area contributed by atoms with Gasteiger partial charge in [-0.05, 0) is 38.3 Å². The molecule has 0 aromatic carbocycles. The molecular formula is C13H23N3. The lowest BCUT2D eigenvalue weighted by atomic mass is 9.95. The lowest BCUT2D eigenvalue weighted by Crippen LogP contribution is -2.25. The first-order valence-corrected chi connectivity index (χ1v) is 6.46. The van der Waals surface area contributed by atoms with Crippen molar-refractivity contribution in [2.45, 2.75) is 45.1 Å². The summed E-state index contributed by atoms with van der Waals surface area (Å²) in [5.41, 5.74) is 2.56. The minimum absolute atomic E-state index is 0.486. The molecule has 1 aliphatic carbocycles. The van der Waals surface area contributed by atoms with Crippen LogP contribution in [0.25, 0.3) is 0 Å². The lowest BCUT2D eigenvalue weighted by molar-refractivity contribution is 0.371. The zero-order chi connectivity index (χ0) is 11.5. The van der Waals surface area contributed by atoms with E-state index in [1.54, 1.807) is 0 Å². The summed E-state index contributed by atoms with van der Waals surface area (Å²) in [5, 5.41) is 8.02. The molecule has 1 atom stereocenters. The van der Waals surface area contributed by atoms with E-state index in [1.807, 2.05) is 0 Å². The van der Waals surface area contributed by atoms with Crippen LogP contribution < -0.4 is 5.32 Å². The quantitative estimate of drug-likeness (QED) is 0.846. The van der Waals surface area contributed by atoms with Crippen LogP contribution in [0.4, 0.5) is 0 Å². The highest BCUT2D eigenvalue weighted by molar-refractivity contribution is 5.15. The topological polar surface area (TPSA) is 29.9 Å². The van der Waals surface area contributed by atoms with Gasteiger partial charge >= 0.3 is 0 Å². The third-order valence-corrected chi connectivity index (χ3v) is 3.83. The van der Waals surface area contributed by atoms with E-state index in [0.29, 0.717) is 6.04 Å². The molecule has 90 valence electrons. The molecule has 1 N–H and O–H groups in total. The normalized spacial score (nSPS) is 19.2. The maximum absolute atomic E-state index is 4.55. The maximum atomic E-state index is 4.55. The summed E-state index contributed by atoms with van der Waals surface area (Å²) < 4.78 is 2.05. The first-order chi connectivity index (χ1) is 7.76. The highest BCUT2D eigenvalue weighted by Crippen LogP contribution is 2.35. The molecule has 1 heterocycles. The molecule has 1 fully saturated rings. The summed E-state index contributed by atoms with van der Waals surface area (Å²) in [6, 6.07) is 2.75. The van der Waals surface area contributed by atoms with Crippen molar-refractivity contribution in [1.82, 2.24) is 15.1 Å². The lowest BCUT2D eigenvalue weighted by Gasteiger charge is -2.22. The van der Waals surface area contributed by atoms with Crippen LogP contribution >= 0.6 is 0 Å². The number of nitrogens with zero attached hydrogens (tertiary/aromatic N) is 2. The Balaban J connectivity index is 2.21. The van der Waals surface area contributed by atoms with Gasteiger partial charge in [-0.1, -0.05) is 19.8 Å². The molecule has 1 unspecified atom stereocenters. The molecular weight excluding hydrogens is 198 g/mol. The van der Waals surface area contributed by atoms with Gasteiger partial charge in [0.05, 0.1) is 17.4 Å². The average molecular weight is 221 g/mol. The second-order valence-corrected chi connectivity index (χ2v) is 4.85. The first-order valence-electron chi connectivity index (χ1n) is 6.46. The number of hydrogen-bond donors (Lipinski definition) is 1. The molecule has 2 rings (SSSR count). The molecule has 0 bridgehead atoms. The smallest absolute Gasteiger partial charge is 0.0625 e. The minimum Gasteiger partial charge on any atom is -0.311 e. The Labute approximate surface area is 98.2 Å².